The van der Waals surface area contributed by atoms with Crippen molar-refractivity contribution in [2.45, 2.75) is 38.8 Å². The summed E-state index contributed by atoms with van der Waals surface area (Å²) in [6.45, 7) is 6.28. The number of halogens is 2. The third-order valence-corrected chi connectivity index (χ3v) is 6.32. The van der Waals surface area contributed by atoms with E-state index in [9.17, 15) is 0 Å². The number of nitrogens with two attached hydrogens (primary N) is 1. The van der Waals surface area contributed by atoms with E-state index in [-0.39, 0.29) is 0 Å². The first-order valence-electron chi connectivity index (χ1n) is 10.8. The van der Waals surface area contributed by atoms with Gasteiger partial charge in [0.25, 0.3) is 0 Å². The lowest BCUT2D eigenvalue weighted by molar-refractivity contribution is 0.227. The quantitative estimate of drug-likeness (QED) is 0.482. The van der Waals surface area contributed by atoms with Crippen LogP contribution in [-0.4, -0.2) is 34.5 Å². The van der Waals surface area contributed by atoms with Gasteiger partial charge in [-0.25, -0.2) is 4.98 Å². The summed E-state index contributed by atoms with van der Waals surface area (Å²) in [7, 11) is 0. The van der Waals surface area contributed by atoms with E-state index in [2.05, 4.69) is 21.6 Å². The molecule has 1 saturated heterocycles. The van der Waals surface area contributed by atoms with E-state index in [1.807, 2.05) is 30.8 Å². The summed E-state index contributed by atoms with van der Waals surface area (Å²) < 4.78 is 13.8. The van der Waals surface area contributed by atoms with Crippen molar-refractivity contribution < 1.29 is 9.47 Å². The van der Waals surface area contributed by atoms with Gasteiger partial charge in [0.1, 0.15) is 11.9 Å². The molecule has 1 aromatic carbocycles. The second kappa shape index (κ2) is 9.98. The molecular weight excluding hydrogens is 449 g/mol. The van der Waals surface area contributed by atoms with E-state index >= 15 is 0 Å². The first-order chi connectivity index (χ1) is 15.5. The van der Waals surface area contributed by atoms with E-state index < -0.39 is 6.10 Å². The maximum Gasteiger partial charge on any atom is 0.166 e. The lowest BCUT2D eigenvalue weighted by atomic mass is 10.1. The Morgan fingerprint density at radius 2 is 1.97 bits per heavy atom. The topological polar surface area (TPSA) is 87.2 Å². The maximum absolute atomic E-state index is 6.55. The van der Waals surface area contributed by atoms with Gasteiger partial charge in [0.15, 0.2) is 11.6 Å². The number of nitrogens with zero attached hydrogens (tertiary/aromatic N) is 3. The maximum atomic E-state index is 6.55. The lowest BCUT2D eigenvalue weighted by Gasteiger charge is -2.22. The Morgan fingerprint density at radius 1 is 1.19 bits per heavy atom. The number of nitrogen functional groups attached to an aromatic ring is 1. The van der Waals surface area contributed by atoms with Crippen LogP contribution in [0.1, 0.15) is 44.4 Å². The van der Waals surface area contributed by atoms with Gasteiger partial charge in [-0.15, -0.1) is 0 Å². The Labute approximate surface area is 197 Å². The van der Waals surface area contributed by atoms with Crippen LogP contribution in [0.15, 0.2) is 36.8 Å². The second-order valence-corrected chi connectivity index (χ2v) is 8.55. The fourth-order valence-corrected chi connectivity index (χ4v) is 4.64. The molecule has 170 valence electrons. The minimum absolute atomic E-state index is 0.291. The van der Waals surface area contributed by atoms with Crippen molar-refractivity contribution in [1.29, 1.82) is 0 Å². The minimum Gasteiger partial charge on any atom is -0.492 e. The van der Waals surface area contributed by atoms with Crippen molar-refractivity contribution in [2.75, 3.05) is 25.4 Å². The second-order valence-electron chi connectivity index (χ2n) is 7.76. The van der Waals surface area contributed by atoms with Crippen LogP contribution >= 0.6 is 23.2 Å². The highest BCUT2D eigenvalue weighted by Crippen LogP contribution is 2.40. The number of pyridine rings is 1. The third-order valence-electron chi connectivity index (χ3n) is 5.60. The summed E-state index contributed by atoms with van der Waals surface area (Å²) in [6.07, 6.45) is 7.29. The van der Waals surface area contributed by atoms with Crippen molar-refractivity contribution in [3.63, 3.8) is 0 Å². The zero-order chi connectivity index (χ0) is 22.7. The zero-order valence-electron chi connectivity index (χ0n) is 18.1. The van der Waals surface area contributed by atoms with Gasteiger partial charge in [0, 0.05) is 34.1 Å². The Morgan fingerprint density at radius 3 is 2.72 bits per heavy atom. The minimum atomic E-state index is -0.466. The molecule has 0 radical (unpaired) electrons. The fraction of sp³-hybridized carbons (Fsp3) is 0.391. The van der Waals surface area contributed by atoms with Gasteiger partial charge in [0.2, 0.25) is 0 Å². The summed E-state index contributed by atoms with van der Waals surface area (Å²) in [6, 6.07) is 5.78. The molecule has 3 aromatic rings. The standard InChI is InChI=1S/C23H27Cl2N5O2/c1-3-31-19-5-4-18(24)21(22(19)25)14(2)32-20-10-15(11-28-23(20)26)16-12-29-30(13-16)17-6-8-27-9-7-17/h4-5,10-14,17,27H,3,6-9H2,1-2H3,(H2,26,28). The molecule has 1 fully saturated rings. The number of aromatic nitrogens is 3. The highest BCUT2D eigenvalue weighted by atomic mass is 35.5. The molecule has 9 heteroatoms. The molecule has 32 heavy (non-hydrogen) atoms. The van der Waals surface area contributed by atoms with Crippen LogP contribution in [0.25, 0.3) is 11.1 Å². The molecule has 0 amide bonds. The van der Waals surface area contributed by atoms with Crippen LogP contribution in [-0.2, 0) is 0 Å². The van der Waals surface area contributed by atoms with E-state index in [0.717, 1.165) is 37.1 Å². The summed E-state index contributed by atoms with van der Waals surface area (Å²) in [4.78, 5) is 4.33. The number of anilines is 1. The number of rotatable bonds is 7. The van der Waals surface area contributed by atoms with Gasteiger partial charge in [-0.05, 0) is 58.0 Å². The first kappa shape index (κ1) is 22.7. The zero-order valence-corrected chi connectivity index (χ0v) is 19.7. The van der Waals surface area contributed by atoms with Crippen molar-refractivity contribution in [1.82, 2.24) is 20.1 Å². The number of ether oxygens (including phenoxy) is 2. The van der Waals surface area contributed by atoms with Gasteiger partial charge in [0.05, 0.1) is 23.9 Å². The van der Waals surface area contributed by atoms with Crippen molar-refractivity contribution in [3.05, 3.63) is 52.4 Å². The van der Waals surface area contributed by atoms with Gasteiger partial charge in [-0.1, -0.05) is 23.2 Å². The van der Waals surface area contributed by atoms with Crippen LogP contribution in [0.3, 0.4) is 0 Å². The molecule has 0 saturated carbocycles. The number of piperidine rings is 1. The number of hydrogen-bond acceptors (Lipinski definition) is 6. The monoisotopic (exact) mass is 475 g/mol. The largest absolute Gasteiger partial charge is 0.492 e. The molecule has 1 aliphatic heterocycles. The van der Waals surface area contributed by atoms with Crippen LogP contribution in [0.4, 0.5) is 5.82 Å². The molecule has 0 aliphatic carbocycles. The first-order valence-corrected chi connectivity index (χ1v) is 11.5. The van der Waals surface area contributed by atoms with Crippen LogP contribution in [0.2, 0.25) is 10.0 Å². The molecule has 1 unspecified atom stereocenters. The Kier molecular flexibility index (Phi) is 7.08. The van der Waals surface area contributed by atoms with Crippen molar-refractivity contribution >= 4 is 29.0 Å². The van der Waals surface area contributed by atoms with Gasteiger partial charge in [-0.2, -0.15) is 5.10 Å². The van der Waals surface area contributed by atoms with Gasteiger partial charge >= 0.3 is 0 Å². The van der Waals surface area contributed by atoms with E-state index in [1.165, 1.54) is 0 Å². The number of nitrogens with one attached hydrogen (secondary N) is 1. The summed E-state index contributed by atoms with van der Waals surface area (Å²) in [5.74, 6) is 1.31. The molecule has 1 aliphatic rings. The Bertz CT molecular complexity index is 1080. The number of hydrogen-bond donors (Lipinski definition) is 2. The smallest absolute Gasteiger partial charge is 0.166 e. The van der Waals surface area contributed by atoms with Crippen molar-refractivity contribution in [2.24, 2.45) is 0 Å². The van der Waals surface area contributed by atoms with Crippen LogP contribution in [0.5, 0.6) is 11.5 Å². The molecule has 4 rings (SSSR count). The Balaban J connectivity index is 1.58. The van der Waals surface area contributed by atoms with E-state index in [0.29, 0.717) is 45.6 Å². The molecule has 3 N–H and O–H groups in total. The highest BCUT2D eigenvalue weighted by molar-refractivity contribution is 6.37. The molecular formula is C23H27Cl2N5O2. The summed E-state index contributed by atoms with van der Waals surface area (Å²) >= 11 is 13.0. The van der Waals surface area contributed by atoms with E-state index in [4.69, 9.17) is 38.4 Å². The van der Waals surface area contributed by atoms with E-state index in [1.54, 1.807) is 18.3 Å². The predicted molar refractivity (Wildman–Crippen MR) is 128 cm³/mol. The number of benzene rings is 1. The average molecular weight is 476 g/mol. The molecule has 0 spiro atoms. The van der Waals surface area contributed by atoms with Gasteiger partial charge in [-0.3, -0.25) is 4.68 Å². The normalized spacial score (nSPS) is 15.5. The molecule has 3 heterocycles. The SMILES string of the molecule is CCOc1ccc(Cl)c(C(C)Oc2cc(-c3cnn(C4CCNCC4)c3)cnc2N)c1Cl. The fourth-order valence-electron chi connectivity index (χ4n) is 3.90. The molecule has 1 atom stereocenters. The summed E-state index contributed by atoms with van der Waals surface area (Å²) in [5, 5.41) is 8.87. The summed E-state index contributed by atoms with van der Waals surface area (Å²) in [5.41, 5.74) is 8.59. The third kappa shape index (κ3) is 4.80. The van der Waals surface area contributed by atoms with Crippen molar-refractivity contribution in [3.8, 4) is 22.6 Å². The molecule has 2 aromatic heterocycles. The molecule has 7 nitrogen and oxygen atoms in total. The van der Waals surface area contributed by atoms with Gasteiger partial charge < -0.3 is 20.5 Å². The predicted octanol–water partition coefficient (Wildman–Crippen LogP) is 5.30. The molecule has 0 bridgehead atoms. The highest BCUT2D eigenvalue weighted by Gasteiger charge is 2.21. The Hall–Kier alpha value is -2.48. The lowest BCUT2D eigenvalue weighted by Crippen LogP contribution is -2.29. The average Bonchev–Trinajstić information content (AvgIpc) is 3.28. The van der Waals surface area contributed by atoms with Crippen LogP contribution < -0.4 is 20.5 Å². The van der Waals surface area contributed by atoms with Crippen LogP contribution in [0, 0.1) is 0 Å².